The molecule has 3 nitrogen and oxygen atoms in total. The molecular weight excluding hydrogens is 185 g/mol. The highest BCUT2D eigenvalue weighted by molar-refractivity contribution is 5.97. The Balaban J connectivity index is 2.52. The smallest absolute Gasteiger partial charge is 0.188 e. The molecule has 0 atom stereocenters. The molecule has 76 valence electrons. The summed E-state index contributed by atoms with van der Waals surface area (Å²) in [5.74, 6) is -0.660. The largest absolute Gasteiger partial charge is 0.372 e. The number of carbonyl (C=O) groups excluding carboxylic acids is 1. The van der Waals surface area contributed by atoms with Crippen LogP contribution in [0.2, 0.25) is 0 Å². The molecule has 0 amide bonds. The molecule has 0 saturated heterocycles. The normalized spacial score (nSPS) is 10.1. The lowest BCUT2D eigenvalue weighted by Gasteiger charge is -2.01. The molecule has 0 unspecified atom stereocenters. The molecule has 0 heterocycles. The van der Waals surface area contributed by atoms with E-state index in [1.807, 2.05) is 0 Å². The van der Waals surface area contributed by atoms with E-state index in [0.717, 1.165) is 0 Å². The summed E-state index contributed by atoms with van der Waals surface area (Å²) in [6.45, 7) is 0.651. The molecule has 2 N–H and O–H groups in total. The van der Waals surface area contributed by atoms with E-state index in [-0.39, 0.29) is 12.4 Å². The van der Waals surface area contributed by atoms with Crippen molar-refractivity contribution in [2.45, 2.75) is 0 Å². The summed E-state index contributed by atoms with van der Waals surface area (Å²) in [6.07, 6.45) is 0. The van der Waals surface area contributed by atoms with Gasteiger partial charge in [-0.3, -0.25) is 4.79 Å². The minimum Gasteiger partial charge on any atom is -0.372 e. The fourth-order valence-electron chi connectivity index (χ4n) is 0.993. The molecule has 0 aliphatic carbocycles. The molecule has 1 rings (SSSR count). The van der Waals surface area contributed by atoms with Crippen LogP contribution in [0, 0.1) is 5.82 Å². The van der Waals surface area contributed by atoms with E-state index >= 15 is 0 Å². The minimum atomic E-state index is -0.422. The van der Waals surface area contributed by atoms with Gasteiger partial charge in [-0.1, -0.05) is 12.1 Å². The molecule has 1 aromatic carbocycles. The number of nitrogens with two attached hydrogens (primary N) is 1. The van der Waals surface area contributed by atoms with Gasteiger partial charge in [-0.15, -0.1) is 0 Å². The lowest BCUT2D eigenvalue weighted by Crippen LogP contribution is -2.14. The zero-order valence-electron chi connectivity index (χ0n) is 7.70. The number of rotatable bonds is 5. The Kier molecular flexibility index (Phi) is 4.22. The Hall–Kier alpha value is -1.26. The van der Waals surface area contributed by atoms with Crippen molar-refractivity contribution in [3.63, 3.8) is 0 Å². The predicted molar refractivity (Wildman–Crippen MR) is 50.6 cm³/mol. The second-order valence-corrected chi connectivity index (χ2v) is 2.77. The Bertz CT molecular complexity index is 315. The Morgan fingerprint density at radius 2 is 2.29 bits per heavy atom. The maximum Gasteiger partial charge on any atom is 0.188 e. The number of hydrogen-bond acceptors (Lipinski definition) is 3. The molecule has 0 saturated carbocycles. The summed E-state index contributed by atoms with van der Waals surface area (Å²) >= 11 is 0. The van der Waals surface area contributed by atoms with Crippen LogP contribution in [-0.2, 0) is 4.74 Å². The summed E-state index contributed by atoms with van der Waals surface area (Å²) in [5, 5.41) is 0. The Morgan fingerprint density at radius 3 is 2.93 bits per heavy atom. The van der Waals surface area contributed by atoms with Crippen LogP contribution >= 0.6 is 0 Å². The predicted octanol–water partition coefficient (Wildman–Crippen LogP) is 0.984. The Morgan fingerprint density at radius 1 is 1.50 bits per heavy atom. The van der Waals surface area contributed by atoms with Gasteiger partial charge >= 0.3 is 0 Å². The number of ether oxygens (including phenoxy) is 1. The van der Waals surface area contributed by atoms with Gasteiger partial charge in [0.2, 0.25) is 0 Å². The first kappa shape index (κ1) is 10.8. The van der Waals surface area contributed by atoms with Crippen LogP contribution in [0.5, 0.6) is 0 Å². The van der Waals surface area contributed by atoms with Crippen molar-refractivity contribution < 1.29 is 13.9 Å². The monoisotopic (exact) mass is 197 g/mol. The van der Waals surface area contributed by atoms with Gasteiger partial charge in [0.1, 0.15) is 12.4 Å². The maximum atomic E-state index is 12.7. The number of Topliss-reactive ketones (excluding diaryl/α,β-unsaturated/α-hetero) is 1. The second-order valence-electron chi connectivity index (χ2n) is 2.77. The van der Waals surface area contributed by atoms with Gasteiger partial charge in [0.25, 0.3) is 0 Å². The molecule has 0 bridgehead atoms. The van der Waals surface area contributed by atoms with Crippen molar-refractivity contribution in [3.05, 3.63) is 35.6 Å². The zero-order chi connectivity index (χ0) is 10.4. The molecule has 0 fully saturated rings. The van der Waals surface area contributed by atoms with Crippen LogP contribution in [-0.4, -0.2) is 25.5 Å². The minimum absolute atomic E-state index is 0.0549. The molecule has 0 aliphatic rings. The van der Waals surface area contributed by atoms with E-state index in [0.29, 0.717) is 18.7 Å². The average Bonchev–Trinajstić information content (AvgIpc) is 2.18. The average molecular weight is 197 g/mol. The first-order valence-corrected chi connectivity index (χ1v) is 4.30. The Labute approximate surface area is 81.7 Å². The van der Waals surface area contributed by atoms with Crippen LogP contribution in [0.4, 0.5) is 4.39 Å². The van der Waals surface area contributed by atoms with Crippen LogP contribution in [0.3, 0.4) is 0 Å². The van der Waals surface area contributed by atoms with Gasteiger partial charge in [0.15, 0.2) is 5.78 Å². The van der Waals surface area contributed by atoms with Gasteiger partial charge in [-0.25, -0.2) is 4.39 Å². The standard InChI is InChI=1S/C10H12FNO2/c11-9-3-1-2-8(6-9)10(13)7-14-5-4-12/h1-3,6H,4-5,7,12H2. The summed E-state index contributed by atoms with van der Waals surface area (Å²) < 4.78 is 17.6. The summed E-state index contributed by atoms with van der Waals surface area (Å²) in [6, 6.07) is 5.52. The highest BCUT2D eigenvalue weighted by Crippen LogP contribution is 2.04. The highest BCUT2D eigenvalue weighted by Gasteiger charge is 2.05. The number of hydrogen-bond donors (Lipinski definition) is 1. The SMILES string of the molecule is NCCOCC(=O)c1cccc(F)c1. The molecule has 1 aromatic rings. The maximum absolute atomic E-state index is 12.7. The quantitative estimate of drug-likeness (QED) is 0.565. The van der Waals surface area contributed by atoms with Gasteiger partial charge in [0, 0.05) is 12.1 Å². The van der Waals surface area contributed by atoms with Crippen LogP contribution in [0.1, 0.15) is 10.4 Å². The molecule has 4 heteroatoms. The lowest BCUT2D eigenvalue weighted by atomic mass is 10.1. The van der Waals surface area contributed by atoms with Crippen LogP contribution in [0.25, 0.3) is 0 Å². The summed E-state index contributed by atoms with van der Waals surface area (Å²) in [7, 11) is 0. The molecule has 14 heavy (non-hydrogen) atoms. The third-order valence-corrected chi connectivity index (χ3v) is 1.64. The third-order valence-electron chi connectivity index (χ3n) is 1.64. The van der Waals surface area contributed by atoms with Gasteiger partial charge in [0.05, 0.1) is 6.61 Å². The first-order chi connectivity index (χ1) is 6.74. The van der Waals surface area contributed by atoms with Crippen molar-refractivity contribution in [2.24, 2.45) is 5.73 Å². The van der Waals surface area contributed by atoms with Crippen molar-refractivity contribution in [1.82, 2.24) is 0 Å². The fourth-order valence-corrected chi connectivity index (χ4v) is 0.993. The van der Waals surface area contributed by atoms with E-state index in [2.05, 4.69) is 0 Å². The van der Waals surface area contributed by atoms with Crippen LogP contribution < -0.4 is 5.73 Å². The molecular formula is C10H12FNO2. The molecule has 0 aromatic heterocycles. The zero-order valence-corrected chi connectivity index (χ0v) is 7.70. The van der Waals surface area contributed by atoms with Crippen molar-refractivity contribution in [1.29, 1.82) is 0 Å². The van der Waals surface area contributed by atoms with E-state index in [4.69, 9.17) is 10.5 Å². The molecule has 0 spiro atoms. The number of carbonyl (C=O) groups is 1. The summed E-state index contributed by atoms with van der Waals surface area (Å²) in [4.78, 5) is 11.3. The van der Waals surface area contributed by atoms with E-state index in [1.165, 1.54) is 18.2 Å². The number of ketones is 1. The highest BCUT2D eigenvalue weighted by atomic mass is 19.1. The third kappa shape index (κ3) is 3.24. The lowest BCUT2D eigenvalue weighted by molar-refractivity contribution is 0.0773. The number of halogens is 1. The first-order valence-electron chi connectivity index (χ1n) is 4.30. The van der Waals surface area contributed by atoms with E-state index < -0.39 is 5.82 Å². The summed E-state index contributed by atoms with van der Waals surface area (Å²) in [5.41, 5.74) is 5.50. The van der Waals surface area contributed by atoms with Crippen molar-refractivity contribution in [2.75, 3.05) is 19.8 Å². The fraction of sp³-hybridized carbons (Fsp3) is 0.300. The van der Waals surface area contributed by atoms with Gasteiger partial charge < -0.3 is 10.5 Å². The van der Waals surface area contributed by atoms with Crippen molar-refractivity contribution in [3.8, 4) is 0 Å². The van der Waals surface area contributed by atoms with Crippen LogP contribution in [0.15, 0.2) is 24.3 Å². The number of benzene rings is 1. The van der Waals surface area contributed by atoms with Gasteiger partial charge in [-0.05, 0) is 12.1 Å². The van der Waals surface area contributed by atoms with E-state index in [1.54, 1.807) is 6.07 Å². The van der Waals surface area contributed by atoms with Crippen molar-refractivity contribution >= 4 is 5.78 Å². The second kappa shape index (κ2) is 5.47. The topological polar surface area (TPSA) is 52.3 Å². The van der Waals surface area contributed by atoms with Gasteiger partial charge in [-0.2, -0.15) is 0 Å². The molecule has 0 aliphatic heterocycles. The van der Waals surface area contributed by atoms with E-state index in [9.17, 15) is 9.18 Å². The molecule has 0 radical (unpaired) electrons.